The Balaban J connectivity index is 2.89. The van der Waals surface area contributed by atoms with Gasteiger partial charge in [0.15, 0.2) is 0 Å². The van der Waals surface area contributed by atoms with Crippen LogP contribution < -0.4 is 0 Å². The first-order valence-corrected chi connectivity index (χ1v) is 5.60. The van der Waals surface area contributed by atoms with E-state index >= 15 is 0 Å². The molecule has 0 aliphatic rings. The van der Waals surface area contributed by atoms with Gasteiger partial charge in [-0.2, -0.15) is 0 Å². The molecule has 0 spiro atoms. The number of carboxylic acids is 1. The average molecular weight is 222 g/mol. The van der Waals surface area contributed by atoms with E-state index < -0.39 is 5.97 Å². The van der Waals surface area contributed by atoms with Crippen molar-refractivity contribution in [3.8, 4) is 5.75 Å². The first-order valence-electron chi connectivity index (χ1n) is 5.60. The zero-order valence-electron chi connectivity index (χ0n) is 9.73. The summed E-state index contributed by atoms with van der Waals surface area (Å²) in [5.74, 6) is -0.708. The molecule has 0 fully saturated rings. The van der Waals surface area contributed by atoms with E-state index in [-0.39, 0.29) is 11.3 Å². The van der Waals surface area contributed by atoms with Gasteiger partial charge in [0.1, 0.15) is 11.3 Å². The molecule has 3 nitrogen and oxygen atoms in total. The fraction of sp³-hybridized carbons (Fsp3) is 0.462. The van der Waals surface area contributed by atoms with Gasteiger partial charge in [0, 0.05) is 0 Å². The Morgan fingerprint density at radius 3 is 2.69 bits per heavy atom. The number of aromatic carboxylic acids is 1. The highest BCUT2D eigenvalue weighted by molar-refractivity contribution is 5.91. The largest absolute Gasteiger partial charge is 0.507 e. The Hall–Kier alpha value is -1.51. The lowest BCUT2D eigenvalue weighted by Gasteiger charge is -2.12. The molecule has 1 aromatic rings. The molecule has 0 aliphatic heterocycles. The number of para-hydroxylation sites is 1. The molecule has 0 saturated heterocycles. The molecule has 0 radical (unpaired) electrons. The second-order valence-corrected chi connectivity index (χ2v) is 4.22. The van der Waals surface area contributed by atoms with Crippen molar-refractivity contribution in [3.63, 3.8) is 0 Å². The van der Waals surface area contributed by atoms with E-state index in [1.165, 1.54) is 6.07 Å². The molecule has 1 rings (SSSR count). The highest BCUT2D eigenvalue weighted by atomic mass is 16.4. The summed E-state index contributed by atoms with van der Waals surface area (Å²) in [7, 11) is 0. The van der Waals surface area contributed by atoms with Gasteiger partial charge < -0.3 is 10.2 Å². The molecule has 0 aliphatic carbocycles. The number of benzene rings is 1. The van der Waals surface area contributed by atoms with E-state index in [4.69, 9.17) is 5.11 Å². The smallest absolute Gasteiger partial charge is 0.339 e. The van der Waals surface area contributed by atoms with Crippen molar-refractivity contribution in [2.75, 3.05) is 0 Å². The Morgan fingerprint density at radius 2 is 2.12 bits per heavy atom. The molecule has 0 heterocycles. The van der Waals surface area contributed by atoms with Gasteiger partial charge in [0.05, 0.1) is 0 Å². The van der Waals surface area contributed by atoms with E-state index in [2.05, 4.69) is 13.8 Å². The number of carboxylic acid groups (broad SMARTS) is 1. The van der Waals surface area contributed by atoms with Gasteiger partial charge in [-0.1, -0.05) is 38.8 Å². The Kier molecular flexibility index (Phi) is 4.35. The monoisotopic (exact) mass is 222 g/mol. The molecule has 0 saturated carbocycles. The number of rotatable bonds is 5. The minimum Gasteiger partial charge on any atom is -0.507 e. The quantitative estimate of drug-likeness (QED) is 0.805. The normalized spacial score (nSPS) is 12.4. The van der Waals surface area contributed by atoms with Crippen molar-refractivity contribution in [1.29, 1.82) is 0 Å². The number of aromatic hydroxyl groups is 1. The summed E-state index contributed by atoms with van der Waals surface area (Å²) in [4.78, 5) is 10.8. The van der Waals surface area contributed by atoms with Crippen molar-refractivity contribution in [2.45, 2.75) is 33.1 Å². The van der Waals surface area contributed by atoms with Crippen LogP contribution in [-0.4, -0.2) is 16.2 Å². The number of hydrogen-bond acceptors (Lipinski definition) is 2. The number of phenols is 1. The van der Waals surface area contributed by atoms with Crippen molar-refractivity contribution in [2.24, 2.45) is 5.92 Å². The molecule has 3 heteroatoms. The lowest BCUT2D eigenvalue weighted by Crippen LogP contribution is -2.03. The van der Waals surface area contributed by atoms with Crippen LogP contribution in [-0.2, 0) is 6.42 Å². The van der Waals surface area contributed by atoms with Crippen LogP contribution in [0.15, 0.2) is 18.2 Å². The van der Waals surface area contributed by atoms with Crippen LogP contribution in [0.1, 0.15) is 42.6 Å². The third-order valence-corrected chi connectivity index (χ3v) is 2.70. The van der Waals surface area contributed by atoms with Crippen molar-refractivity contribution in [1.82, 2.24) is 0 Å². The van der Waals surface area contributed by atoms with E-state index in [0.717, 1.165) is 24.8 Å². The summed E-state index contributed by atoms with van der Waals surface area (Å²) in [5, 5.41) is 18.7. The van der Waals surface area contributed by atoms with E-state index in [1.54, 1.807) is 12.1 Å². The lowest BCUT2D eigenvalue weighted by atomic mass is 9.95. The predicted molar refractivity (Wildman–Crippen MR) is 62.8 cm³/mol. The van der Waals surface area contributed by atoms with Crippen LogP contribution in [0.3, 0.4) is 0 Å². The highest BCUT2D eigenvalue weighted by Crippen LogP contribution is 2.26. The summed E-state index contributed by atoms with van der Waals surface area (Å²) in [6, 6.07) is 4.89. The maximum Gasteiger partial charge on any atom is 0.339 e. The molecule has 88 valence electrons. The summed E-state index contributed by atoms with van der Waals surface area (Å²) < 4.78 is 0. The summed E-state index contributed by atoms with van der Waals surface area (Å²) in [6.45, 7) is 4.22. The molecular formula is C13H18O3. The minimum absolute atomic E-state index is 0.0128. The summed E-state index contributed by atoms with van der Waals surface area (Å²) in [6.07, 6.45) is 2.90. The van der Waals surface area contributed by atoms with Crippen molar-refractivity contribution >= 4 is 5.97 Å². The minimum atomic E-state index is -1.08. The maximum absolute atomic E-state index is 10.8. The molecule has 0 bridgehead atoms. The van der Waals surface area contributed by atoms with Gasteiger partial charge in [0.25, 0.3) is 0 Å². The molecule has 0 aromatic heterocycles. The van der Waals surface area contributed by atoms with Gasteiger partial charge in [-0.05, 0) is 24.0 Å². The van der Waals surface area contributed by atoms with Gasteiger partial charge in [-0.15, -0.1) is 0 Å². The van der Waals surface area contributed by atoms with Crippen LogP contribution in [0, 0.1) is 5.92 Å². The first kappa shape index (κ1) is 12.6. The van der Waals surface area contributed by atoms with Gasteiger partial charge in [-0.3, -0.25) is 0 Å². The zero-order valence-corrected chi connectivity index (χ0v) is 9.73. The van der Waals surface area contributed by atoms with Gasteiger partial charge in [-0.25, -0.2) is 4.79 Å². The van der Waals surface area contributed by atoms with Gasteiger partial charge in [0.2, 0.25) is 0 Å². The SMILES string of the molecule is CCCC(C)Cc1cccc(C(=O)O)c1O. The van der Waals surface area contributed by atoms with E-state index in [1.807, 2.05) is 0 Å². The summed E-state index contributed by atoms with van der Waals surface area (Å²) in [5.41, 5.74) is 0.710. The molecule has 1 atom stereocenters. The van der Waals surface area contributed by atoms with Crippen molar-refractivity contribution < 1.29 is 15.0 Å². The van der Waals surface area contributed by atoms with Crippen LogP contribution in [0.25, 0.3) is 0 Å². The van der Waals surface area contributed by atoms with Crippen molar-refractivity contribution in [3.05, 3.63) is 29.3 Å². The lowest BCUT2D eigenvalue weighted by molar-refractivity contribution is 0.0693. The number of carbonyl (C=O) groups is 1. The fourth-order valence-corrected chi connectivity index (χ4v) is 1.90. The first-order chi connectivity index (χ1) is 7.56. The molecule has 16 heavy (non-hydrogen) atoms. The topological polar surface area (TPSA) is 57.5 Å². The highest BCUT2D eigenvalue weighted by Gasteiger charge is 2.14. The fourth-order valence-electron chi connectivity index (χ4n) is 1.90. The number of hydrogen-bond donors (Lipinski definition) is 2. The third-order valence-electron chi connectivity index (χ3n) is 2.70. The molecule has 1 aromatic carbocycles. The Morgan fingerprint density at radius 1 is 1.44 bits per heavy atom. The average Bonchev–Trinajstić information content (AvgIpc) is 2.21. The standard InChI is InChI=1S/C13H18O3/c1-3-5-9(2)8-10-6-4-7-11(12(10)14)13(15)16/h4,6-7,9,14H,3,5,8H2,1-2H3,(H,15,16). The molecule has 1 unspecified atom stereocenters. The van der Waals surface area contributed by atoms with Crippen LogP contribution in [0.5, 0.6) is 5.75 Å². The Labute approximate surface area is 95.7 Å². The summed E-state index contributed by atoms with van der Waals surface area (Å²) >= 11 is 0. The Bertz CT molecular complexity index is 371. The molecule has 0 amide bonds. The predicted octanol–water partition coefficient (Wildman–Crippen LogP) is 3.07. The van der Waals surface area contributed by atoms with Crippen LogP contribution in [0.2, 0.25) is 0 Å². The molecular weight excluding hydrogens is 204 g/mol. The zero-order chi connectivity index (χ0) is 12.1. The third kappa shape index (κ3) is 2.99. The molecule has 2 N–H and O–H groups in total. The van der Waals surface area contributed by atoms with Crippen LogP contribution in [0.4, 0.5) is 0 Å². The second-order valence-electron chi connectivity index (χ2n) is 4.22. The second kappa shape index (κ2) is 5.54. The van der Waals surface area contributed by atoms with Crippen LogP contribution >= 0.6 is 0 Å². The van der Waals surface area contributed by atoms with E-state index in [9.17, 15) is 9.90 Å². The van der Waals surface area contributed by atoms with E-state index in [0.29, 0.717) is 5.92 Å². The van der Waals surface area contributed by atoms with Gasteiger partial charge >= 0.3 is 5.97 Å². The maximum atomic E-state index is 10.8.